The minimum absolute atomic E-state index is 0.190. The van der Waals surface area contributed by atoms with E-state index in [9.17, 15) is 10.4 Å². The molecule has 0 spiro atoms. The smallest absolute Gasteiger partial charge is 0.227 e. The normalized spacial score (nSPS) is 12.6. The molecule has 0 bridgehead atoms. The van der Waals surface area contributed by atoms with Crippen LogP contribution in [0.25, 0.3) is 11.0 Å². The highest BCUT2D eigenvalue weighted by Gasteiger charge is 2.22. The van der Waals surface area contributed by atoms with E-state index < -0.39 is 6.10 Å². The zero-order chi connectivity index (χ0) is 22.8. The predicted octanol–water partition coefficient (Wildman–Crippen LogP) is 2.20. The molecule has 3 N–H and O–H groups in total. The number of nitrogens with one attached hydrogen (secondary N) is 1. The van der Waals surface area contributed by atoms with Crippen molar-refractivity contribution in [2.45, 2.75) is 45.8 Å². The number of hydrogen-bond donors (Lipinski definition) is 3. The van der Waals surface area contributed by atoms with Crippen LogP contribution in [0.3, 0.4) is 0 Å². The first kappa shape index (κ1) is 22.5. The number of likely N-dealkylation sites (N-methyl/N-ethyl adjacent to an activating group) is 1. The average molecular weight is 425 g/mol. The molecule has 3 rings (SSSR count). The number of aliphatic hydroxyl groups is 2. The van der Waals surface area contributed by atoms with Crippen molar-refractivity contribution in [1.29, 1.82) is 5.26 Å². The lowest BCUT2D eigenvalue weighted by Gasteiger charge is -2.23. The second-order valence-electron chi connectivity index (χ2n) is 8.63. The number of aromatic amines is 1. The second kappa shape index (κ2) is 8.88. The third kappa shape index (κ3) is 4.93. The zero-order valence-electron chi connectivity index (χ0n) is 18.5. The SMILES string of the molecule is Cc1cc(OCc2n[nH]c3nc(N(C)CC(O)CO)ncc23)c(C(C)(C)C)cc1C#N. The lowest BCUT2D eigenvalue weighted by atomic mass is 9.84. The highest BCUT2D eigenvalue weighted by molar-refractivity contribution is 5.77. The van der Waals surface area contributed by atoms with Gasteiger partial charge in [-0.05, 0) is 30.0 Å². The number of aryl methyl sites for hydroxylation is 1. The number of aliphatic hydroxyl groups excluding tert-OH is 2. The first-order chi connectivity index (χ1) is 14.6. The van der Waals surface area contributed by atoms with Crippen LogP contribution >= 0.6 is 0 Å². The predicted molar refractivity (Wildman–Crippen MR) is 117 cm³/mol. The van der Waals surface area contributed by atoms with E-state index in [4.69, 9.17) is 9.84 Å². The van der Waals surface area contributed by atoms with Gasteiger partial charge in [-0.25, -0.2) is 4.98 Å². The summed E-state index contributed by atoms with van der Waals surface area (Å²) in [7, 11) is 1.74. The van der Waals surface area contributed by atoms with Crippen molar-refractivity contribution in [2.75, 3.05) is 25.1 Å². The molecule has 164 valence electrons. The van der Waals surface area contributed by atoms with Crippen molar-refractivity contribution in [3.63, 3.8) is 0 Å². The lowest BCUT2D eigenvalue weighted by molar-refractivity contribution is 0.101. The lowest BCUT2D eigenvalue weighted by Crippen LogP contribution is -2.32. The molecular formula is C22H28N6O3. The molecule has 0 aliphatic heterocycles. The van der Waals surface area contributed by atoms with Crippen molar-refractivity contribution < 1.29 is 14.9 Å². The fraction of sp³-hybridized carbons (Fsp3) is 0.455. The van der Waals surface area contributed by atoms with E-state index in [2.05, 4.69) is 47.0 Å². The molecule has 1 aromatic carbocycles. The van der Waals surface area contributed by atoms with Crippen molar-refractivity contribution in [3.05, 3.63) is 40.7 Å². The van der Waals surface area contributed by atoms with Gasteiger partial charge in [0, 0.05) is 25.4 Å². The summed E-state index contributed by atoms with van der Waals surface area (Å²) in [6, 6.07) is 6.02. The molecule has 0 radical (unpaired) electrons. The topological polar surface area (TPSA) is 131 Å². The molecule has 0 aliphatic rings. The van der Waals surface area contributed by atoms with E-state index in [1.54, 1.807) is 18.1 Å². The van der Waals surface area contributed by atoms with Gasteiger partial charge >= 0.3 is 0 Å². The molecule has 9 nitrogen and oxygen atoms in total. The molecule has 9 heteroatoms. The maximum Gasteiger partial charge on any atom is 0.227 e. The molecule has 2 heterocycles. The summed E-state index contributed by atoms with van der Waals surface area (Å²) in [5.74, 6) is 1.13. The molecule has 0 saturated heterocycles. The summed E-state index contributed by atoms with van der Waals surface area (Å²) in [4.78, 5) is 10.4. The first-order valence-corrected chi connectivity index (χ1v) is 10.0. The summed E-state index contributed by atoms with van der Waals surface area (Å²) in [6.45, 7) is 8.22. The first-order valence-electron chi connectivity index (χ1n) is 10.0. The second-order valence-corrected chi connectivity index (χ2v) is 8.63. The van der Waals surface area contributed by atoms with E-state index in [1.165, 1.54) is 0 Å². The van der Waals surface area contributed by atoms with Crippen LogP contribution in [-0.4, -0.2) is 56.7 Å². The van der Waals surface area contributed by atoms with Crippen LogP contribution in [-0.2, 0) is 12.0 Å². The Kier molecular flexibility index (Phi) is 6.43. The fourth-order valence-electron chi connectivity index (χ4n) is 3.25. The highest BCUT2D eigenvalue weighted by atomic mass is 16.5. The van der Waals surface area contributed by atoms with E-state index in [0.29, 0.717) is 22.9 Å². The molecule has 31 heavy (non-hydrogen) atoms. The monoisotopic (exact) mass is 424 g/mol. The van der Waals surface area contributed by atoms with E-state index in [-0.39, 0.29) is 25.2 Å². The quantitative estimate of drug-likeness (QED) is 0.526. The average Bonchev–Trinajstić information content (AvgIpc) is 3.13. The van der Waals surface area contributed by atoms with Crippen molar-refractivity contribution >= 4 is 17.0 Å². The number of hydrogen-bond acceptors (Lipinski definition) is 8. The highest BCUT2D eigenvalue weighted by Crippen LogP contribution is 2.34. The fourth-order valence-corrected chi connectivity index (χ4v) is 3.25. The number of aromatic nitrogens is 4. The number of H-pyrrole nitrogens is 1. The minimum Gasteiger partial charge on any atom is -0.487 e. The van der Waals surface area contributed by atoms with Crippen LogP contribution in [0.15, 0.2) is 18.3 Å². The van der Waals surface area contributed by atoms with Crippen LogP contribution in [0, 0.1) is 18.3 Å². The molecule has 0 fully saturated rings. The van der Waals surface area contributed by atoms with Gasteiger partial charge in [0.1, 0.15) is 18.1 Å². The van der Waals surface area contributed by atoms with Crippen molar-refractivity contribution in [3.8, 4) is 11.8 Å². The molecule has 1 atom stereocenters. The Morgan fingerprint density at radius 3 is 2.71 bits per heavy atom. The summed E-state index contributed by atoms with van der Waals surface area (Å²) in [6.07, 6.45) is 0.791. The Morgan fingerprint density at radius 1 is 1.32 bits per heavy atom. The van der Waals surface area contributed by atoms with Gasteiger partial charge in [0.25, 0.3) is 0 Å². The number of rotatable bonds is 7. The maximum absolute atomic E-state index is 9.62. The Bertz CT molecular complexity index is 1110. The Balaban J connectivity index is 1.84. The van der Waals surface area contributed by atoms with Crippen LogP contribution in [0.4, 0.5) is 5.95 Å². The van der Waals surface area contributed by atoms with Gasteiger partial charge < -0.3 is 19.8 Å². The van der Waals surface area contributed by atoms with Gasteiger partial charge in [-0.15, -0.1) is 0 Å². The van der Waals surface area contributed by atoms with Gasteiger partial charge in [-0.3, -0.25) is 5.10 Å². The molecule has 2 aromatic heterocycles. The number of nitrogens with zero attached hydrogens (tertiary/aromatic N) is 5. The Morgan fingerprint density at radius 2 is 2.06 bits per heavy atom. The van der Waals surface area contributed by atoms with Crippen molar-refractivity contribution in [1.82, 2.24) is 20.2 Å². The van der Waals surface area contributed by atoms with Crippen LogP contribution in [0.1, 0.15) is 43.2 Å². The van der Waals surface area contributed by atoms with Crippen LogP contribution in [0.5, 0.6) is 5.75 Å². The summed E-state index contributed by atoms with van der Waals surface area (Å²) in [5, 5.41) is 36.0. The molecular weight excluding hydrogens is 396 g/mol. The Labute approximate surface area is 181 Å². The van der Waals surface area contributed by atoms with Gasteiger partial charge in [-0.2, -0.15) is 15.3 Å². The van der Waals surface area contributed by atoms with E-state index in [1.807, 2.05) is 19.1 Å². The van der Waals surface area contributed by atoms with Gasteiger partial charge in [0.2, 0.25) is 5.95 Å². The number of anilines is 1. The van der Waals surface area contributed by atoms with Gasteiger partial charge in [0.15, 0.2) is 5.65 Å². The summed E-state index contributed by atoms with van der Waals surface area (Å²) < 4.78 is 6.12. The summed E-state index contributed by atoms with van der Waals surface area (Å²) in [5.41, 5.74) is 3.49. The molecule has 3 aromatic rings. The largest absolute Gasteiger partial charge is 0.487 e. The Hall–Kier alpha value is -3.22. The molecule has 0 saturated carbocycles. The molecule has 1 unspecified atom stereocenters. The number of nitriles is 1. The van der Waals surface area contributed by atoms with Crippen molar-refractivity contribution in [2.24, 2.45) is 0 Å². The maximum atomic E-state index is 9.62. The van der Waals surface area contributed by atoms with E-state index in [0.717, 1.165) is 22.3 Å². The number of fused-ring (bicyclic) bond motifs is 1. The van der Waals surface area contributed by atoms with Crippen LogP contribution in [0.2, 0.25) is 0 Å². The van der Waals surface area contributed by atoms with Gasteiger partial charge in [0.05, 0.1) is 29.7 Å². The third-order valence-corrected chi connectivity index (χ3v) is 5.04. The third-order valence-electron chi connectivity index (χ3n) is 5.04. The summed E-state index contributed by atoms with van der Waals surface area (Å²) >= 11 is 0. The van der Waals surface area contributed by atoms with E-state index >= 15 is 0 Å². The standard InChI is InChI=1S/C22H28N6O3/c1-13-6-19(17(22(2,3)4)7-14(13)8-23)31-12-18-16-9-24-21(25-20(16)27-26-18)28(5)10-15(30)11-29/h6-7,9,15,29-30H,10-12H2,1-5H3,(H,24,25,26,27). The van der Waals surface area contributed by atoms with Gasteiger partial charge in [-0.1, -0.05) is 20.8 Å². The zero-order valence-corrected chi connectivity index (χ0v) is 18.5. The number of ether oxygens (including phenoxy) is 1. The minimum atomic E-state index is -0.872. The molecule has 0 amide bonds. The number of benzene rings is 1. The molecule has 0 aliphatic carbocycles. The van der Waals surface area contributed by atoms with Crippen LogP contribution < -0.4 is 9.64 Å².